The summed E-state index contributed by atoms with van der Waals surface area (Å²) in [5.74, 6) is -0.293. The zero-order valence-corrected chi connectivity index (χ0v) is 10.0. The Balaban J connectivity index is 2.87. The summed E-state index contributed by atoms with van der Waals surface area (Å²) in [4.78, 5) is 11.8. The molecule has 1 aromatic carbocycles. The highest BCUT2D eigenvalue weighted by Gasteiger charge is 2.20. The summed E-state index contributed by atoms with van der Waals surface area (Å²) >= 11 is 0. The van der Waals surface area contributed by atoms with Gasteiger partial charge in [-0.15, -0.1) is 0 Å². The third-order valence-corrected chi connectivity index (χ3v) is 2.47. The van der Waals surface area contributed by atoms with Crippen LogP contribution in [0.25, 0.3) is 0 Å². The highest BCUT2D eigenvalue weighted by Crippen LogP contribution is 2.20. The van der Waals surface area contributed by atoms with Gasteiger partial charge in [-0.3, -0.25) is 4.79 Å². The number of aryl methyl sites for hydroxylation is 1. The fourth-order valence-corrected chi connectivity index (χ4v) is 1.61. The van der Waals surface area contributed by atoms with Gasteiger partial charge in [0.25, 0.3) is 0 Å². The molecule has 0 spiro atoms. The molecule has 1 aromatic rings. The van der Waals surface area contributed by atoms with Crippen LogP contribution in [0.2, 0.25) is 0 Å². The number of hydrogen-bond donors (Lipinski definition) is 0. The molecule has 0 saturated carbocycles. The number of hydrogen-bond acceptors (Lipinski definition) is 2. The Morgan fingerprint density at radius 3 is 2.31 bits per heavy atom. The molecule has 0 fully saturated rings. The first-order valence-corrected chi connectivity index (χ1v) is 5.53. The standard InChI is InChI=1S/C14H17NO/c1-10(2)8-14(16)13(9-15)12-6-4-11(3)5-7-12/h4-7,10,13H,8H2,1-3H3. The van der Waals surface area contributed by atoms with Crippen molar-refractivity contribution >= 4 is 5.78 Å². The lowest BCUT2D eigenvalue weighted by molar-refractivity contribution is -0.120. The summed E-state index contributed by atoms with van der Waals surface area (Å²) in [6.07, 6.45) is 0.464. The maximum absolute atomic E-state index is 11.8. The van der Waals surface area contributed by atoms with Crippen LogP contribution in [0.3, 0.4) is 0 Å². The zero-order valence-electron chi connectivity index (χ0n) is 10.0. The molecule has 1 atom stereocenters. The Bertz CT molecular complexity index is 398. The molecule has 1 rings (SSSR count). The van der Waals surface area contributed by atoms with E-state index in [1.807, 2.05) is 45.0 Å². The lowest BCUT2D eigenvalue weighted by Crippen LogP contribution is -2.13. The van der Waals surface area contributed by atoms with Gasteiger partial charge in [0.15, 0.2) is 5.78 Å². The maximum atomic E-state index is 11.8. The van der Waals surface area contributed by atoms with Crippen molar-refractivity contribution in [1.29, 1.82) is 5.26 Å². The second-order valence-electron chi connectivity index (χ2n) is 4.54. The summed E-state index contributed by atoms with van der Waals surface area (Å²) in [7, 11) is 0. The van der Waals surface area contributed by atoms with E-state index in [0.29, 0.717) is 12.3 Å². The quantitative estimate of drug-likeness (QED) is 0.773. The number of ketones is 1. The fraction of sp³-hybridized carbons (Fsp3) is 0.429. The van der Waals surface area contributed by atoms with E-state index in [4.69, 9.17) is 5.26 Å². The summed E-state index contributed by atoms with van der Waals surface area (Å²) in [5, 5.41) is 9.06. The largest absolute Gasteiger partial charge is 0.298 e. The third kappa shape index (κ3) is 3.20. The molecule has 2 nitrogen and oxygen atoms in total. The Kier molecular flexibility index (Phi) is 4.25. The van der Waals surface area contributed by atoms with Crippen LogP contribution in [0, 0.1) is 24.2 Å². The average molecular weight is 215 g/mol. The molecule has 2 heteroatoms. The van der Waals surface area contributed by atoms with Crippen LogP contribution in [0.15, 0.2) is 24.3 Å². The van der Waals surface area contributed by atoms with Gasteiger partial charge in [0.05, 0.1) is 6.07 Å². The van der Waals surface area contributed by atoms with Crippen molar-refractivity contribution < 1.29 is 4.79 Å². The molecule has 0 aliphatic rings. The van der Waals surface area contributed by atoms with Gasteiger partial charge in [-0.1, -0.05) is 43.7 Å². The van der Waals surface area contributed by atoms with Crippen LogP contribution in [0.1, 0.15) is 37.3 Å². The Morgan fingerprint density at radius 1 is 1.31 bits per heavy atom. The highest BCUT2D eigenvalue weighted by molar-refractivity contribution is 5.88. The van der Waals surface area contributed by atoms with Crippen molar-refractivity contribution in [3.63, 3.8) is 0 Å². The number of nitriles is 1. The normalized spacial score (nSPS) is 12.2. The molecule has 0 bridgehead atoms. The lowest BCUT2D eigenvalue weighted by atomic mass is 9.91. The Hall–Kier alpha value is -1.62. The molecular formula is C14H17NO. The number of rotatable bonds is 4. The second-order valence-corrected chi connectivity index (χ2v) is 4.54. The molecule has 1 unspecified atom stereocenters. The average Bonchev–Trinajstić information content (AvgIpc) is 2.21. The van der Waals surface area contributed by atoms with Gasteiger partial charge < -0.3 is 0 Å². The van der Waals surface area contributed by atoms with Gasteiger partial charge in [0.1, 0.15) is 5.92 Å². The molecular weight excluding hydrogens is 198 g/mol. The van der Waals surface area contributed by atoms with E-state index in [2.05, 4.69) is 6.07 Å². The molecule has 84 valence electrons. The Labute approximate surface area is 96.9 Å². The van der Waals surface area contributed by atoms with Crippen molar-refractivity contribution in [1.82, 2.24) is 0 Å². The topological polar surface area (TPSA) is 40.9 Å². The van der Waals surface area contributed by atoms with E-state index in [0.717, 1.165) is 11.1 Å². The van der Waals surface area contributed by atoms with Crippen molar-refractivity contribution in [3.05, 3.63) is 35.4 Å². The van der Waals surface area contributed by atoms with E-state index < -0.39 is 5.92 Å². The number of Topliss-reactive ketones (excluding diaryl/α,β-unsaturated/α-hetero) is 1. The number of carbonyl (C=O) groups excluding carboxylic acids is 1. The molecule has 16 heavy (non-hydrogen) atoms. The summed E-state index contributed by atoms with van der Waals surface area (Å²) in [5.41, 5.74) is 1.94. The van der Waals surface area contributed by atoms with Gasteiger partial charge >= 0.3 is 0 Å². The van der Waals surface area contributed by atoms with E-state index in [-0.39, 0.29) is 5.78 Å². The van der Waals surface area contributed by atoms with Crippen molar-refractivity contribution in [3.8, 4) is 6.07 Å². The number of carbonyl (C=O) groups is 1. The minimum atomic E-state index is -0.608. The second kappa shape index (κ2) is 5.46. The minimum Gasteiger partial charge on any atom is -0.298 e. The molecule has 0 aliphatic heterocycles. The smallest absolute Gasteiger partial charge is 0.154 e. The maximum Gasteiger partial charge on any atom is 0.154 e. The summed E-state index contributed by atoms with van der Waals surface area (Å²) in [6, 6.07) is 9.68. The van der Waals surface area contributed by atoms with Crippen LogP contribution >= 0.6 is 0 Å². The molecule has 0 saturated heterocycles. The van der Waals surface area contributed by atoms with Crippen molar-refractivity contribution in [2.45, 2.75) is 33.1 Å². The Morgan fingerprint density at radius 2 is 1.88 bits per heavy atom. The predicted octanol–water partition coefficient (Wildman–Crippen LogP) is 3.22. The summed E-state index contributed by atoms with van der Waals surface area (Å²) in [6.45, 7) is 5.96. The first kappa shape index (κ1) is 12.4. The van der Waals surface area contributed by atoms with Crippen molar-refractivity contribution in [2.24, 2.45) is 5.92 Å². The first-order chi connectivity index (χ1) is 7.54. The van der Waals surface area contributed by atoms with Crippen LogP contribution in [-0.2, 0) is 4.79 Å². The SMILES string of the molecule is Cc1ccc(C(C#N)C(=O)CC(C)C)cc1. The lowest BCUT2D eigenvalue weighted by Gasteiger charge is -2.10. The number of benzene rings is 1. The molecule has 0 N–H and O–H groups in total. The van der Waals surface area contributed by atoms with Gasteiger partial charge in [-0.05, 0) is 18.4 Å². The highest BCUT2D eigenvalue weighted by atomic mass is 16.1. The molecule has 0 aliphatic carbocycles. The van der Waals surface area contributed by atoms with Gasteiger partial charge in [0.2, 0.25) is 0 Å². The fourth-order valence-electron chi connectivity index (χ4n) is 1.61. The molecule has 0 aromatic heterocycles. The van der Waals surface area contributed by atoms with Crippen LogP contribution < -0.4 is 0 Å². The first-order valence-electron chi connectivity index (χ1n) is 5.53. The molecule has 0 heterocycles. The monoisotopic (exact) mass is 215 g/mol. The van der Waals surface area contributed by atoms with Gasteiger partial charge in [-0.25, -0.2) is 0 Å². The van der Waals surface area contributed by atoms with E-state index in [1.54, 1.807) is 0 Å². The van der Waals surface area contributed by atoms with E-state index in [1.165, 1.54) is 0 Å². The van der Waals surface area contributed by atoms with Gasteiger partial charge in [0, 0.05) is 6.42 Å². The third-order valence-electron chi connectivity index (χ3n) is 2.47. The van der Waals surface area contributed by atoms with Crippen LogP contribution in [0.4, 0.5) is 0 Å². The van der Waals surface area contributed by atoms with Crippen LogP contribution in [0.5, 0.6) is 0 Å². The molecule has 0 radical (unpaired) electrons. The minimum absolute atomic E-state index is 0.0151. The van der Waals surface area contributed by atoms with Crippen LogP contribution in [-0.4, -0.2) is 5.78 Å². The molecule has 0 amide bonds. The zero-order chi connectivity index (χ0) is 12.1. The van der Waals surface area contributed by atoms with E-state index >= 15 is 0 Å². The van der Waals surface area contributed by atoms with Gasteiger partial charge in [-0.2, -0.15) is 5.26 Å². The predicted molar refractivity (Wildman–Crippen MR) is 64.0 cm³/mol. The van der Waals surface area contributed by atoms with E-state index in [9.17, 15) is 4.79 Å². The summed E-state index contributed by atoms with van der Waals surface area (Å²) < 4.78 is 0. The van der Waals surface area contributed by atoms with Crippen molar-refractivity contribution in [2.75, 3.05) is 0 Å². The number of nitrogens with zero attached hydrogens (tertiary/aromatic N) is 1.